The molecule has 1 aromatic carbocycles. The van der Waals surface area contributed by atoms with Crippen molar-refractivity contribution in [3.8, 4) is 0 Å². The largest absolute Gasteiger partial charge is 0.337 e. The molecule has 0 aliphatic carbocycles. The van der Waals surface area contributed by atoms with Crippen LogP contribution in [0, 0.1) is 5.41 Å². The first-order valence-corrected chi connectivity index (χ1v) is 7.34. The third kappa shape index (κ3) is 2.80. The van der Waals surface area contributed by atoms with Crippen LogP contribution < -0.4 is 5.32 Å². The van der Waals surface area contributed by atoms with E-state index < -0.39 is 5.54 Å². The number of carbonyl (C=O) groups is 2. The van der Waals surface area contributed by atoms with Crippen LogP contribution in [0.5, 0.6) is 0 Å². The highest BCUT2D eigenvalue weighted by Crippen LogP contribution is 2.31. The molecule has 1 N–H and O–H groups in total. The van der Waals surface area contributed by atoms with Crippen LogP contribution in [0.3, 0.4) is 0 Å². The second-order valence-corrected chi connectivity index (χ2v) is 7.01. The van der Waals surface area contributed by atoms with Crippen molar-refractivity contribution in [3.05, 3.63) is 35.9 Å². The first kappa shape index (κ1) is 15.5. The van der Waals surface area contributed by atoms with Gasteiger partial charge in [-0.1, -0.05) is 51.1 Å². The number of amides is 2. The summed E-state index contributed by atoms with van der Waals surface area (Å²) in [5.74, 6) is -0.159. The number of nitrogens with one attached hydrogen (secondary N) is 1. The fraction of sp³-hybridized carbons (Fsp3) is 0.529. The quantitative estimate of drug-likeness (QED) is 0.907. The molecule has 21 heavy (non-hydrogen) atoms. The summed E-state index contributed by atoms with van der Waals surface area (Å²) in [6.07, 6.45) is 0. The van der Waals surface area contributed by atoms with Gasteiger partial charge in [-0.25, -0.2) is 0 Å². The van der Waals surface area contributed by atoms with E-state index in [4.69, 9.17) is 0 Å². The predicted molar refractivity (Wildman–Crippen MR) is 82.6 cm³/mol. The van der Waals surface area contributed by atoms with Crippen LogP contribution in [0.25, 0.3) is 0 Å². The third-order valence-electron chi connectivity index (χ3n) is 4.46. The first-order valence-electron chi connectivity index (χ1n) is 7.34. The summed E-state index contributed by atoms with van der Waals surface area (Å²) >= 11 is 0. The molecule has 0 radical (unpaired) electrons. The van der Waals surface area contributed by atoms with Gasteiger partial charge in [-0.05, 0) is 24.8 Å². The van der Waals surface area contributed by atoms with Crippen molar-refractivity contribution < 1.29 is 9.59 Å². The molecule has 0 spiro atoms. The van der Waals surface area contributed by atoms with Gasteiger partial charge in [0, 0.05) is 6.04 Å². The summed E-state index contributed by atoms with van der Waals surface area (Å²) in [4.78, 5) is 26.8. The van der Waals surface area contributed by atoms with Gasteiger partial charge in [-0.3, -0.25) is 9.59 Å². The molecule has 2 unspecified atom stereocenters. The molecule has 1 fully saturated rings. The van der Waals surface area contributed by atoms with Crippen molar-refractivity contribution in [2.45, 2.75) is 46.2 Å². The van der Waals surface area contributed by atoms with Crippen LogP contribution in [-0.2, 0) is 15.1 Å². The molecule has 4 heteroatoms. The summed E-state index contributed by atoms with van der Waals surface area (Å²) in [7, 11) is 0. The fourth-order valence-corrected chi connectivity index (χ4v) is 2.63. The molecule has 1 heterocycles. The number of rotatable bonds is 2. The van der Waals surface area contributed by atoms with E-state index in [1.54, 1.807) is 11.8 Å². The van der Waals surface area contributed by atoms with Crippen LogP contribution in [0.1, 0.15) is 40.2 Å². The summed E-state index contributed by atoms with van der Waals surface area (Å²) in [5.41, 5.74) is -0.254. The predicted octanol–water partition coefficient (Wildman–Crippen LogP) is 2.29. The molecule has 1 saturated heterocycles. The van der Waals surface area contributed by atoms with Gasteiger partial charge in [0.25, 0.3) is 5.91 Å². The van der Waals surface area contributed by atoms with Crippen molar-refractivity contribution in [1.29, 1.82) is 0 Å². The zero-order valence-electron chi connectivity index (χ0n) is 13.4. The summed E-state index contributed by atoms with van der Waals surface area (Å²) in [5, 5.41) is 2.86. The Morgan fingerprint density at radius 3 is 2.29 bits per heavy atom. The smallest absolute Gasteiger partial charge is 0.253 e. The molecular formula is C17H24N2O2. The van der Waals surface area contributed by atoms with Gasteiger partial charge in [-0.15, -0.1) is 0 Å². The van der Waals surface area contributed by atoms with E-state index in [0.717, 1.165) is 5.56 Å². The van der Waals surface area contributed by atoms with Crippen molar-refractivity contribution >= 4 is 11.8 Å². The number of nitrogens with zero attached hydrogens (tertiary/aromatic N) is 1. The molecule has 4 nitrogen and oxygen atoms in total. The molecule has 1 aliphatic heterocycles. The second-order valence-electron chi connectivity index (χ2n) is 7.01. The third-order valence-corrected chi connectivity index (χ3v) is 4.46. The number of benzene rings is 1. The standard InChI is InChI=1S/C17H24N2O2/c1-12(16(2,3)4)19-11-14(20)18-17(5,15(19)21)13-9-7-6-8-10-13/h6-10,12H,11H2,1-5H3,(H,18,20). The minimum atomic E-state index is -0.990. The maximum Gasteiger partial charge on any atom is 0.253 e. The monoisotopic (exact) mass is 288 g/mol. The van der Waals surface area contributed by atoms with E-state index in [1.165, 1.54) is 0 Å². The number of carbonyl (C=O) groups excluding carboxylic acids is 2. The van der Waals surface area contributed by atoms with Crippen molar-refractivity contribution in [2.75, 3.05) is 6.54 Å². The van der Waals surface area contributed by atoms with E-state index in [-0.39, 0.29) is 29.8 Å². The van der Waals surface area contributed by atoms with Gasteiger partial charge in [0.15, 0.2) is 0 Å². The highest BCUT2D eigenvalue weighted by molar-refractivity contribution is 5.98. The molecule has 2 rings (SSSR count). The summed E-state index contributed by atoms with van der Waals surface area (Å²) in [6, 6.07) is 9.40. The highest BCUT2D eigenvalue weighted by atomic mass is 16.2. The molecule has 114 valence electrons. The Hall–Kier alpha value is -1.84. The van der Waals surface area contributed by atoms with E-state index in [2.05, 4.69) is 26.1 Å². The van der Waals surface area contributed by atoms with Gasteiger partial charge < -0.3 is 10.2 Å². The first-order chi connectivity index (χ1) is 9.66. The lowest BCUT2D eigenvalue weighted by Gasteiger charge is -2.46. The van der Waals surface area contributed by atoms with E-state index >= 15 is 0 Å². The molecule has 1 aliphatic rings. The Morgan fingerprint density at radius 2 is 1.76 bits per heavy atom. The lowest BCUT2D eigenvalue weighted by molar-refractivity contribution is -0.154. The van der Waals surface area contributed by atoms with Crippen LogP contribution in [-0.4, -0.2) is 29.3 Å². The Morgan fingerprint density at radius 1 is 1.19 bits per heavy atom. The molecular weight excluding hydrogens is 264 g/mol. The number of piperazine rings is 1. The molecule has 2 atom stereocenters. The normalized spacial score (nSPS) is 24.7. The Balaban J connectivity index is 2.41. The lowest BCUT2D eigenvalue weighted by atomic mass is 9.83. The lowest BCUT2D eigenvalue weighted by Crippen LogP contribution is -2.66. The summed E-state index contributed by atoms with van der Waals surface area (Å²) < 4.78 is 0. The fourth-order valence-electron chi connectivity index (χ4n) is 2.63. The topological polar surface area (TPSA) is 49.4 Å². The van der Waals surface area contributed by atoms with Crippen LogP contribution in [0.15, 0.2) is 30.3 Å². The van der Waals surface area contributed by atoms with Gasteiger partial charge >= 0.3 is 0 Å². The zero-order chi connectivity index (χ0) is 15.8. The van der Waals surface area contributed by atoms with Gasteiger partial charge in [0.05, 0.1) is 6.54 Å². The van der Waals surface area contributed by atoms with E-state index in [1.807, 2.05) is 37.3 Å². The Kier molecular flexibility index (Phi) is 3.83. The van der Waals surface area contributed by atoms with Gasteiger partial charge in [0.2, 0.25) is 5.91 Å². The average molecular weight is 288 g/mol. The van der Waals surface area contributed by atoms with Crippen LogP contribution >= 0.6 is 0 Å². The molecule has 2 amide bonds. The van der Waals surface area contributed by atoms with Crippen molar-refractivity contribution in [1.82, 2.24) is 10.2 Å². The molecule has 0 aromatic heterocycles. The van der Waals surface area contributed by atoms with Gasteiger partial charge in [0.1, 0.15) is 5.54 Å². The number of hydrogen-bond donors (Lipinski definition) is 1. The Bertz CT molecular complexity index is 548. The summed E-state index contributed by atoms with van der Waals surface area (Å²) in [6.45, 7) is 10.2. The molecule has 0 bridgehead atoms. The van der Waals surface area contributed by atoms with Crippen molar-refractivity contribution in [2.24, 2.45) is 5.41 Å². The van der Waals surface area contributed by atoms with Gasteiger partial charge in [-0.2, -0.15) is 0 Å². The van der Waals surface area contributed by atoms with Crippen LogP contribution in [0.2, 0.25) is 0 Å². The minimum absolute atomic E-state index is 0.0147. The van der Waals surface area contributed by atoms with Crippen LogP contribution in [0.4, 0.5) is 0 Å². The minimum Gasteiger partial charge on any atom is -0.337 e. The maximum atomic E-state index is 13.0. The number of hydrogen-bond acceptors (Lipinski definition) is 2. The van der Waals surface area contributed by atoms with Crippen molar-refractivity contribution in [3.63, 3.8) is 0 Å². The average Bonchev–Trinajstić information content (AvgIpc) is 2.42. The zero-order valence-corrected chi connectivity index (χ0v) is 13.4. The second kappa shape index (κ2) is 5.17. The molecule has 0 saturated carbocycles. The maximum absolute atomic E-state index is 13.0. The Labute approximate surface area is 126 Å². The van der Waals surface area contributed by atoms with E-state index in [9.17, 15) is 9.59 Å². The SMILES string of the molecule is CC(N1CC(=O)NC(C)(c2ccccc2)C1=O)C(C)(C)C. The van der Waals surface area contributed by atoms with E-state index in [0.29, 0.717) is 0 Å². The molecule has 1 aromatic rings. The highest BCUT2D eigenvalue weighted by Gasteiger charge is 2.47.